The second kappa shape index (κ2) is 4.33. The lowest BCUT2D eigenvalue weighted by atomic mass is 10.0. The molecule has 0 aliphatic carbocycles. The average molecular weight is 205 g/mol. The number of rotatable bonds is 2. The first-order valence-electron chi connectivity index (χ1n) is 5.62. The second-order valence-electron chi connectivity index (χ2n) is 4.55. The Morgan fingerprint density at radius 2 is 2.00 bits per heavy atom. The van der Waals surface area contributed by atoms with Crippen LogP contribution in [0, 0.1) is 13.8 Å². The van der Waals surface area contributed by atoms with Gasteiger partial charge in [-0.05, 0) is 37.0 Å². The molecule has 1 aliphatic heterocycles. The Morgan fingerprint density at radius 1 is 1.33 bits per heavy atom. The van der Waals surface area contributed by atoms with Crippen molar-refractivity contribution in [2.75, 3.05) is 13.1 Å². The van der Waals surface area contributed by atoms with Gasteiger partial charge >= 0.3 is 0 Å². The predicted molar refractivity (Wildman–Crippen MR) is 61.8 cm³/mol. The fourth-order valence-electron chi connectivity index (χ4n) is 2.28. The molecule has 82 valence electrons. The Labute approximate surface area is 91.5 Å². The Bertz CT molecular complexity index is 328. The second-order valence-corrected chi connectivity index (χ2v) is 4.55. The van der Waals surface area contributed by atoms with Crippen LogP contribution in [-0.2, 0) is 6.54 Å². The molecule has 1 aliphatic rings. The molecule has 1 fully saturated rings. The molecule has 1 saturated heterocycles. The molecule has 0 aromatic heterocycles. The molecule has 0 spiro atoms. The van der Waals surface area contributed by atoms with Gasteiger partial charge in [-0.15, -0.1) is 0 Å². The summed E-state index contributed by atoms with van der Waals surface area (Å²) >= 11 is 0. The third-order valence-corrected chi connectivity index (χ3v) is 3.27. The van der Waals surface area contributed by atoms with Gasteiger partial charge in [0.1, 0.15) is 0 Å². The van der Waals surface area contributed by atoms with Crippen LogP contribution in [0.5, 0.6) is 0 Å². The van der Waals surface area contributed by atoms with E-state index in [1.165, 1.54) is 16.7 Å². The van der Waals surface area contributed by atoms with Crippen LogP contribution in [0.25, 0.3) is 0 Å². The summed E-state index contributed by atoms with van der Waals surface area (Å²) in [6.07, 6.45) is 0.805. The molecule has 2 rings (SSSR count). The van der Waals surface area contributed by atoms with Gasteiger partial charge in [-0.3, -0.25) is 4.90 Å². The van der Waals surface area contributed by atoms with Crippen LogP contribution < -0.4 is 0 Å². The van der Waals surface area contributed by atoms with E-state index < -0.39 is 0 Å². The van der Waals surface area contributed by atoms with Gasteiger partial charge in [-0.2, -0.15) is 0 Å². The molecule has 0 amide bonds. The summed E-state index contributed by atoms with van der Waals surface area (Å²) in [7, 11) is 0. The third kappa shape index (κ3) is 2.39. The highest BCUT2D eigenvalue weighted by Gasteiger charge is 2.20. The van der Waals surface area contributed by atoms with Gasteiger partial charge in [0.05, 0.1) is 6.10 Å². The van der Waals surface area contributed by atoms with E-state index >= 15 is 0 Å². The molecule has 2 heteroatoms. The van der Waals surface area contributed by atoms with E-state index in [4.69, 9.17) is 0 Å². The van der Waals surface area contributed by atoms with E-state index in [1.807, 2.05) is 0 Å². The zero-order valence-electron chi connectivity index (χ0n) is 9.53. The zero-order valence-corrected chi connectivity index (χ0v) is 9.53. The molecule has 0 radical (unpaired) electrons. The van der Waals surface area contributed by atoms with Gasteiger partial charge in [-0.1, -0.05) is 18.2 Å². The van der Waals surface area contributed by atoms with Crippen molar-refractivity contribution < 1.29 is 5.11 Å². The summed E-state index contributed by atoms with van der Waals surface area (Å²) in [5, 5.41) is 9.47. The standard InChI is InChI=1S/C13H19NO/c1-10-4-3-5-11(2)13(10)9-14-7-6-12(15)8-14/h3-5,12,15H,6-9H2,1-2H3/t12-/m1/s1. The van der Waals surface area contributed by atoms with E-state index in [2.05, 4.69) is 36.9 Å². The van der Waals surface area contributed by atoms with Gasteiger partial charge in [0.2, 0.25) is 0 Å². The summed E-state index contributed by atoms with van der Waals surface area (Å²) in [5.74, 6) is 0. The number of nitrogens with zero attached hydrogens (tertiary/aromatic N) is 1. The van der Waals surface area contributed by atoms with Gasteiger partial charge < -0.3 is 5.11 Å². The number of hydrogen-bond donors (Lipinski definition) is 1. The van der Waals surface area contributed by atoms with Crippen molar-refractivity contribution in [3.63, 3.8) is 0 Å². The number of aryl methyl sites for hydroxylation is 2. The van der Waals surface area contributed by atoms with Gasteiger partial charge in [0, 0.05) is 19.6 Å². The predicted octanol–water partition coefficient (Wildman–Crippen LogP) is 1.87. The number of β-amino-alcohol motifs (C(OH)–C–C–N with tert-alkyl or cyclic N) is 1. The average Bonchev–Trinajstić information content (AvgIpc) is 2.58. The van der Waals surface area contributed by atoms with Crippen molar-refractivity contribution in [1.82, 2.24) is 4.90 Å². The fourth-order valence-corrected chi connectivity index (χ4v) is 2.28. The number of aliphatic hydroxyl groups excluding tert-OH is 1. The summed E-state index contributed by atoms with van der Waals surface area (Å²) in [5.41, 5.74) is 4.14. The zero-order chi connectivity index (χ0) is 10.8. The topological polar surface area (TPSA) is 23.5 Å². The van der Waals surface area contributed by atoms with E-state index in [1.54, 1.807) is 0 Å². The maximum Gasteiger partial charge on any atom is 0.0679 e. The van der Waals surface area contributed by atoms with Crippen molar-refractivity contribution in [2.24, 2.45) is 0 Å². The number of hydrogen-bond acceptors (Lipinski definition) is 2. The first-order valence-corrected chi connectivity index (χ1v) is 5.62. The number of likely N-dealkylation sites (tertiary alicyclic amines) is 1. The molecule has 0 bridgehead atoms. The molecule has 1 heterocycles. The Kier molecular flexibility index (Phi) is 3.08. The van der Waals surface area contributed by atoms with Crippen molar-refractivity contribution in [3.8, 4) is 0 Å². The highest BCUT2D eigenvalue weighted by molar-refractivity contribution is 5.33. The molecule has 15 heavy (non-hydrogen) atoms. The monoisotopic (exact) mass is 205 g/mol. The normalized spacial score (nSPS) is 22.2. The lowest BCUT2D eigenvalue weighted by Crippen LogP contribution is -2.22. The van der Waals surface area contributed by atoms with Crippen LogP contribution in [0.4, 0.5) is 0 Å². The maximum atomic E-state index is 9.47. The Hall–Kier alpha value is -0.860. The summed E-state index contributed by atoms with van der Waals surface area (Å²) in [6.45, 7) is 7.15. The molecule has 0 saturated carbocycles. The lowest BCUT2D eigenvalue weighted by Gasteiger charge is -2.18. The van der Waals surface area contributed by atoms with Crippen LogP contribution in [0.2, 0.25) is 0 Å². The lowest BCUT2D eigenvalue weighted by molar-refractivity contribution is 0.174. The molecule has 0 unspecified atom stereocenters. The SMILES string of the molecule is Cc1cccc(C)c1CN1CC[C@@H](O)C1. The molecule has 1 aromatic rings. The van der Waals surface area contributed by atoms with Crippen molar-refractivity contribution in [3.05, 3.63) is 34.9 Å². The van der Waals surface area contributed by atoms with Crippen molar-refractivity contribution in [2.45, 2.75) is 32.9 Å². The van der Waals surface area contributed by atoms with E-state index in [0.717, 1.165) is 26.1 Å². The highest BCUT2D eigenvalue weighted by atomic mass is 16.3. The molecule has 1 aromatic carbocycles. The van der Waals surface area contributed by atoms with E-state index in [0.29, 0.717) is 0 Å². The summed E-state index contributed by atoms with van der Waals surface area (Å²) < 4.78 is 0. The molecule has 1 atom stereocenters. The first kappa shape index (κ1) is 10.7. The van der Waals surface area contributed by atoms with Crippen LogP contribution in [0.1, 0.15) is 23.1 Å². The summed E-state index contributed by atoms with van der Waals surface area (Å²) in [6, 6.07) is 6.43. The van der Waals surface area contributed by atoms with Crippen LogP contribution in [0.3, 0.4) is 0 Å². The summed E-state index contributed by atoms with van der Waals surface area (Å²) in [4.78, 5) is 2.33. The number of benzene rings is 1. The van der Waals surface area contributed by atoms with Crippen LogP contribution >= 0.6 is 0 Å². The van der Waals surface area contributed by atoms with Crippen molar-refractivity contribution >= 4 is 0 Å². The minimum atomic E-state index is -0.116. The first-order chi connectivity index (χ1) is 7.16. The maximum absolute atomic E-state index is 9.47. The highest BCUT2D eigenvalue weighted by Crippen LogP contribution is 2.18. The van der Waals surface area contributed by atoms with Gasteiger partial charge in [0.15, 0.2) is 0 Å². The quantitative estimate of drug-likeness (QED) is 0.796. The number of aliphatic hydroxyl groups is 1. The fraction of sp³-hybridized carbons (Fsp3) is 0.538. The van der Waals surface area contributed by atoms with Crippen LogP contribution in [-0.4, -0.2) is 29.2 Å². The largest absolute Gasteiger partial charge is 0.392 e. The van der Waals surface area contributed by atoms with E-state index in [9.17, 15) is 5.11 Å². The third-order valence-electron chi connectivity index (χ3n) is 3.27. The molecular formula is C13H19NO. The molecular weight excluding hydrogens is 186 g/mol. The van der Waals surface area contributed by atoms with Crippen LogP contribution in [0.15, 0.2) is 18.2 Å². The van der Waals surface area contributed by atoms with Crippen molar-refractivity contribution in [1.29, 1.82) is 0 Å². The smallest absolute Gasteiger partial charge is 0.0679 e. The van der Waals surface area contributed by atoms with Gasteiger partial charge in [0.25, 0.3) is 0 Å². The molecule has 2 nitrogen and oxygen atoms in total. The Morgan fingerprint density at radius 3 is 2.53 bits per heavy atom. The minimum Gasteiger partial charge on any atom is -0.392 e. The molecule has 1 N–H and O–H groups in total. The van der Waals surface area contributed by atoms with Gasteiger partial charge in [-0.25, -0.2) is 0 Å². The Balaban J connectivity index is 2.10. The minimum absolute atomic E-state index is 0.116. The van der Waals surface area contributed by atoms with E-state index in [-0.39, 0.29) is 6.10 Å².